The normalized spacial score (nSPS) is 9.69. The molecule has 1 rings (SSSR count). The topological polar surface area (TPSA) is 65.3 Å². The van der Waals surface area contributed by atoms with Gasteiger partial charge in [-0.05, 0) is 16.8 Å². The van der Waals surface area contributed by atoms with Crippen LogP contribution in [0.3, 0.4) is 0 Å². The van der Waals surface area contributed by atoms with Gasteiger partial charge < -0.3 is 14.9 Å². The van der Waals surface area contributed by atoms with Crippen molar-refractivity contribution in [1.29, 1.82) is 0 Å². The second-order valence-electron chi connectivity index (χ2n) is 2.17. The van der Waals surface area contributed by atoms with Gasteiger partial charge in [-0.25, -0.2) is 0 Å². The quantitative estimate of drug-likeness (QED) is 0.530. The maximum absolute atomic E-state index is 12.8. The van der Waals surface area contributed by atoms with Crippen LogP contribution in [0.25, 0.3) is 0 Å². The lowest BCUT2D eigenvalue weighted by atomic mass is 10.4. The molecule has 0 aliphatic rings. The van der Waals surface area contributed by atoms with Gasteiger partial charge in [-0.2, -0.15) is 4.39 Å². The van der Waals surface area contributed by atoms with Crippen molar-refractivity contribution in [3.63, 3.8) is 0 Å². The summed E-state index contributed by atoms with van der Waals surface area (Å²) in [6, 6.07) is 0.939. The zero-order valence-corrected chi connectivity index (χ0v) is 6.86. The van der Waals surface area contributed by atoms with Crippen molar-refractivity contribution in [2.75, 3.05) is 6.61 Å². The Hall–Kier alpha value is -1.72. The van der Waals surface area contributed by atoms with Crippen LogP contribution in [0.5, 0.6) is 5.75 Å². The van der Waals surface area contributed by atoms with Gasteiger partial charge in [0.1, 0.15) is 0 Å². The molecule has 0 atom stereocenters. The van der Waals surface area contributed by atoms with Gasteiger partial charge in [-0.15, -0.1) is 0 Å². The van der Waals surface area contributed by atoms with E-state index in [-0.39, 0.29) is 5.75 Å². The van der Waals surface area contributed by atoms with Crippen LogP contribution >= 0.6 is 0 Å². The Morgan fingerprint density at radius 2 is 2.46 bits per heavy atom. The summed E-state index contributed by atoms with van der Waals surface area (Å²) in [5.74, 6) is -1.59. The van der Waals surface area contributed by atoms with Gasteiger partial charge in [0.25, 0.3) is 0 Å². The molecule has 0 aliphatic heterocycles. The number of halogens is 1. The number of hydrogen-bond acceptors (Lipinski definition) is 4. The van der Waals surface area contributed by atoms with Gasteiger partial charge in [0, 0.05) is 6.07 Å². The fraction of sp³-hybridized carbons (Fsp3) is 0.286. The van der Waals surface area contributed by atoms with E-state index in [1.54, 1.807) is 6.92 Å². The molecule has 0 saturated carbocycles. The number of hydrogen-bond donors (Lipinski definition) is 0. The number of aromatic nitrogens is 1. The summed E-state index contributed by atoms with van der Waals surface area (Å²) < 4.78 is 17.7. The van der Waals surface area contributed by atoms with Crippen molar-refractivity contribution in [2.45, 2.75) is 6.92 Å². The first-order valence-corrected chi connectivity index (χ1v) is 3.58. The predicted molar refractivity (Wildman–Crippen MR) is 42.0 cm³/mol. The predicted octanol–water partition coefficient (Wildman–Crippen LogP) is 1.53. The molecule has 70 valence electrons. The van der Waals surface area contributed by atoms with Gasteiger partial charge in [0.15, 0.2) is 11.9 Å². The highest BCUT2D eigenvalue weighted by Gasteiger charge is 2.16. The van der Waals surface area contributed by atoms with Crippen LogP contribution in [0, 0.1) is 15.9 Å². The van der Waals surface area contributed by atoms with Crippen LogP contribution < -0.4 is 4.74 Å². The monoisotopic (exact) mass is 186 g/mol. The molecule has 0 N–H and O–H groups in total. The molecule has 5 nitrogen and oxygen atoms in total. The summed E-state index contributed by atoms with van der Waals surface area (Å²) in [7, 11) is 0. The fourth-order valence-electron chi connectivity index (χ4n) is 0.793. The van der Waals surface area contributed by atoms with Crippen LogP contribution in [0.15, 0.2) is 12.3 Å². The van der Waals surface area contributed by atoms with Gasteiger partial charge in [0.2, 0.25) is 5.82 Å². The average molecular weight is 186 g/mol. The molecule has 0 fully saturated rings. The SMILES string of the molecule is CCOc1cnc([N+](=O)[O-])c(F)c1. The Morgan fingerprint density at radius 3 is 2.92 bits per heavy atom. The van der Waals surface area contributed by atoms with E-state index in [0.717, 1.165) is 12.3 Å². The van der Waals surface area contributed by atoms with Crippen LogP contribution in [-0.4, -0.2) is 16.5 Å². The smallest absolute Gasteiger partial charge is 0.399 e. The van der Waals surface area contributed by atoms with E-state index in [9.17, 15) is 14.5 Å². The lowest BCUT2D eigenvalue weighted by Crippen LogP contribution is -1.98. The zero-order chi connectivity index (χ0) is 9.84. The lowest BCUT2D eigenvalue weighted by molar-refractivity contribution is -0.392. The molecule has 0 aliphatic carbocycles. The molecule has 1 heterocycles. The van der Waals surface area contributed by atoms with Crippen LogP contribution in [0.2, 0.25) is 0 Å². The Morgan fingerprint density at radius 1 is 1.77 bits per heavy atom. The molecule has 0 radical (unpaired) electrons. The summed E-state index contributed by atoms with van der Waals surface area (Å²) in [6.07, 6.45) is 1.12. The highest BCUT2D eigenvalue weighted by atomic mass is 19.1. The molecule has 13 heavy (non-hydrogen) atoms. The van der Waals surface area contributed by atoms with Crippen molar-refractivity contribution in [2.24, 2.45) is 0 Å². The van der Waals surface area contributed by atoms with Crippen molar-refractivity contribution in [1.82, 2.24) is 4.98 Å². The second-order valence-corrected chi connectivity index (χ2v) is 2.17. The molecule has 1 aromatic heterocycles. The maximum Gasteiger partial charge on any atom is 0.399 e. The molecule has 0 amide bonds. The van der Waals surface area contributed by atoms with E-state index in [2.05, 4.69) is 4.98 Å². The van der Waals surface area contributed by atoms with E-state index in [1.165, 1.54) is 0 Å². The van der Waals surface area contributed by atoms with Gasteiger partial charge in [-0.3, -0.25) is 0 Å². The van der Waals surface area contributed by atoms with Gasteiger partial charge in [-0.1, -0.05) is 0 Å². The first-order chi connectivity index (χ1) is 6.15. The number of rotatable bonds is 3. The van der Waals surface area contributed by atoms with Crippen molar-refractivity contribution in [3.8, 4) is 5.75 Å². The highest BCUT2D eigenvalue weighted by molar-refractivity contribution is 5.28. The van der Waals surface area contributed by atoms with E-state index in [0.29, 0.717) is 6.61 Å². The van der Waals surface area contributed by atoms with E-state index in [1.807, 2.05) is 0 Å². The summed E-state index contributed by atoms with van der Waals surface area (Å²) in [6.45, 7) is 2.08. The second kappa shape index (κ2) is 3.79. The third-order valence-electron chi connectivity index (χ3n) is 1.28. The third kappa shape index (κ3) is 2.11. The summed E-state index contributed by atoms with van der Waals surface area (Å²) in [4.78, 5) is 12.6. The molecular formula is C7H7FN2O3. The fourth-order valence-corrected chi connectivity index (χ4v) is 0.793. The largest absolute Gasteiger partial charge is 0.490 e. The highest BCUT2D eigenvalue weighted by Crippen LogP contribution is 2.18. The van der Waals surface area contributed by atoms with Gasteiger partial charge >= 0.3 is 5.82 Å². The van der Waals surface area contributed by atoms with Crippen molar-refractivity contribution >= 4 is 5.82 Å². The number of nitrogens with zero attached hydrogens (tertiary/aromatic N) is 2. The lowest BCUT2D eigenvalue weighted by Gasteiger charge is -1.99. The summed E-state index contributed by atoms with van der Waals surface area (Å²) in [5, 5.41) is 10.2. The van der Waals surface area contributed by atoms with Gasteiger partial charge in [0.05, 0.1) is 6.61 Å². The Bertz CT molecular complexity index is 330. The minimum atomic E-state index is -0.990. The Balaban J connectivity index is 2.98. The van der Waals surface area contributed by atoms with E-state index >= 15 is 0 Å². The Kier molecular flexibility index (Phi) is 2.73. The summed E-state index contributed by atoms with van der Waals surface area (Å²) in [5.41, 5.74) is 0. The number of ether oxygens (including phenoxy) is 1. The molecule has 0 bridgehead atoms. The molecule has 0 unspecified atom stereocenters. The number of pyridine rings is 1. The first kappa shape index (κ1) is 9.37. The van der Waals surface area contributed by atoms with E-state index < -0.39 is 16.6 Å². The van der Waals surface area contributed by atoms with Crippen LogP contribution in [-0.2, 0) is 0 Å². The minimum absolute atomic E-state index is 0.186. The van der Waals surface area contributed by atoms with Crippen molar-refractivity contribution in [3.05, 3.63) is 28.2 Å². The Labute approximate surface area is 73.3 Å². The molecule has 1 aromatic rings. The minimum Gasteiger partial charge on any atom is -0.490 e. The molecule has 6 heteroatoms. The standard InChI is InChI=1S/C7H7FN2O3/c1-2-13-5-3-6(8)7(9-4-5)10(11)12/h3-4H,2H2,1H3. The van der Waals surface area contributed by atoms with E-state index in [4.69, 9.17) is 4.74 Å². The number of nitro groups is 1. The first-order valence-electron chi connectivity index (χ1n) is 3.58. The maximum atomic E-state index is 12.8. The van der Waals surface area contributed by atoms with Crippen molar-refractivity contribution < 1.29 is 14.1 Å². The van der Waals surface area contributed by atoms with Crippen LogP contribution in [0.1, 0.15) is 6.92 Å². The molecule has 0 aromatic carbocycles. The van der Waals surface area contributed by atoms with Crippen LogP contribution in [0.4, 0.5) is 10.2 Å². The summed E-state index contributed by atoms with van der Waals surface area (Å²) >= 11 is 0. The molecular weight excluding hydrogens is 179 g/mol. The average Bonchev–Trinajstić information content (AvgIpc) is 2.04. The molecule has 0 spiro atoms. The third-order valence-corrected chi connectivity index (χ3v) is 1.28. The molecule has 0 saturated heterocycles. The zero-order valence-electron chi connectivity index (χ0n) is 6.86.